The number of piperidine rings is 1. The van der Waals surface area contributed by atoms with Gasteiger partial charge in [-0.3, -0.25) is 9.69 Å². The van der Waals surface area contributed by atoms with Crippen molar-refractivity contribution in [1.82, 2.24) is 4.90 Å². The highest BCUT2D eigenvalue weighted by molar-refractivity contribution is 5.84. The van der Waals surface area contributed by atoms with E-state index in [9.17, 15) is 18.4 Å². The molecule has 2 aliphatic heterocycles. The van der Waals surface area contributed by atoms with Crippen LogP contribution in [0.3, 0.4) is 0 Å². The largest absolute Gasteiger partial charge is 0.445 e. The van der Waals surface area contributed by atoms with Gasteiger partial charge in [-0.25, -0.2) is 4.79 Å². The first-order chi connectivity index (χ1) is 15.5. The summed E-state index contributed by atoms with van der Waals surface area (Å²) < 4.78 is 40.5. The molecule has 6 nitrogen and oxygen atoms in total. The second-order valence-corrected chi connectivity index (χ2v) is 8.13. The molecular formula is C24H25F2NO5. The molecule has 2 fully saturated rings. The lowest BCUT2D eigenvalue weighted by atomic mass is 9.81. The van der Waals surface area contributed by atoms with E-state index in [1.165, 1.54) is 12.1 Å². The van der Waals surface area contributed by atoms with Crippen LogP contribution in [0.1, 0.15) is 24.0 Å². The van der Waals surface area contributed by atoms with Crippen LogP contribution in [0.2, 0.25) is 0 Å². The molecule has 0 saturated carbocycles. The van der Waals surface area contributed by atoms with Crippen molar-refractivity contribution in [2.24, 2.45) is 5.92 Å². The molecule has 0 radical (unpaired) electrons. The van der Waals surface area contributed by atoms with Gasteiger partial charge in [0.25, 0.3) is 0 Å². The van der Waals surface area contributed by atoms with E-state index in [0.717, 1.165) is 5.56 Å². The average Bonchev–Trinajstić information content (AvgIpc) is 2.77. The zero-order valence-corrected chi connectivity index (χ0v) is 17.5. The first-order valence-corrected chi connectivity index (χ1v) is 10.6. The van der Waals surface area contributed by atoms with Crippen molar-refractivity contribution in [2.45, 2.75) is 44.6 Å². The number of alkyl halides is 2. The molecule has 2 saturated heterocycles. The van der Waals surface area contributed by atoms with E-state index in [0.29, 0.717) is 31.6 Å². The molecule has 2 aliphatic rings. The number of nitrogens with zero attached hydrogens (tertiary/aromatic N) is 1. The molecule has 2 bridgehead atoms. The number of fused-ring (bicyclic) bond motifs is 2. The second kappa shape index (κ2) is 10.1. The van der Waals surface area contributed by atoms with Gasteiger partial charge in [-0.1, -0.05) is 42.5 Å². The lowest BCUT2D eigenvalue weighted by Crippen LogP contribution is -2.60. The number of morpholine rings is 1. The van der Waals surface area contributed by atoms with E-state index < -0.39 is 12.7 Å². The van der Waals surface area contributed by atoms with Gasteiger partial charge in [0, 0.05) is 12.3 Å². The standard InChI is InChI=1S/C24H25F2NO5/c25-23(26)32-21-8-4-7-17(9-21)10-22(28)18-11-19-14-30-15-20(12-18)27(19)24(29)31-13-16-5-2-1-3-6-16/h1-9,18-20,23H,10-15H2. The maximum Gasteiger partial charge on any atom is 0.410 e. The maximum absolute atomic E-state index is 13.0. The Morgan fingerprint density at radius 2 is 1.69 bits per heavy atom. The van der Waals surface area contributed by atoms with Gasteiger partial charge < -0.3 is 14.2 Å². The third-order valence-electron chi connectivity index (χ3n) is 5.89. The van der Waals surface area contributed by atoms with E-state index in [2.05, 4.69) is 4.74 Å². The summed E-state index contributed by atoms with van der Waals surface area (Å²) in [6.07, 6.45) is 0.713. The van der Waals surface area contributed by atoms with Crippen molar-refractivity contribution in [3.8, 4) is 5.75 Å². The summed E-state index contributed by atoms with van der Waals surface area (Å²) in [7, 11) is 0. The zero-order chi connectivity index (χ0) is 22.5. The Kier molecular flexibility index (Phi) is 6.99. The van der Waals surface area contributed by atoms with Gasteiger partial charge in [-0.2, -0.15) is 8.78 Å². The quantitative estimate of drug-likeness (QED) is 0.639. The fourth-order valence-corrected chi connectivity index (χ4v) is 4.45. The minimum absolute atomic E-state index is 0.0217. The first-order valence-electron chi connectivity index (χ1n) is 10.6. The highest BCUT2D eigenvalue weighted by atomic mass is 19.3. The van der Waals surface area contributed by atoms with E-state index in [1.54, 1.807) is 17.0 Å². The molecule has 170 valence electrons. The third-order valence-corrected chi connectivity index (χ3v) is 5.89. The number of benzene rings is 2. The van der Waals surface area contributed by atoms with Crippen LogP contribution in [0, 0.1) is 5.92 Å². The van der Waals surface area contributed by atoms with Gasteiger partial charge in [0.15, 0.2) is 0 Å². The Bertz CT molecular complexity index is 925. The van der Waals surface area contributed by atoms with Crippen molar-refractivity contribution in [1.29, 1.82) is 0 Å². The molecule has 2 atom stereocenters. The van der Waals surface area contributed by atoms with Crippen LogP contribution in [-0.4, -0.2) is 48.7 Å². The SMILES string of the molecule is O=C(Cc1cccc(OC(F)F)c1)C1CC2COCC(C1)N2C(=O)OCc1ccccc1. The maximum atomic E-state index is 13.0. The van der Waals surface area contributed by atoms with Crippen LogP contribution in [0.25, 0.3) is 0 Å². The average molecular weight is 445 g/mol. The van der Waals surface area contributed by atoms with E-state index in [-0.39, 0.29) is 42.6 Å². The van der Waals surface area contributed by atoms with E-state index >= 15 is 0 Å². The number of carbonyl (C=O) groups is 2. The Hall–Kier alpha value is -3.00. The number of halogens is 2. The molecule has 2 unspecified atom stereocenters. The summed E-state index contributed by atoms with van der Waals surface area (Å²) in [6, 6.07) is 15.2. The highest BCUT2D eigenvalue weighted by Gasteiger charge is 2.44. The molecule has 0 spiro atoms. The van der Waals surface area contributed by atoms with Crippen molar-refractivity contribution >= 4 is 11.9 Å². The highest BCUT2D eigenvalue weighted by Crippen LogP contribution is 2.33. The monoisotopic (exact) mass is 445 g/mol. The zero-order valence-electron chi connectivity index (χ0n) is 17.5. The van der Waals surface area contributed by atoms with Gasteiger partial charge in [-0.15, -0.1) is 0 Å². The Morgan fingerprint density at radius 3 is 2.38 bits per heavy atom. The van der Waals surface area contributed by atoms with Gasteiger partial charge in [0.05, 0.1) is 25.3 Å². The van der Waals surface area contributed by atoms with Crippen LogP contribution in [0.5, 0.6) is 5.75 Å². The fraction of sp³-hybridized carbons (Fsp3) is 0.417. The summed E-state index contributed by atoms with van der Waals surface area (Å²) >= 11 is 0. The number of rotatable bonds is 7. The summed E-state index contributed by atoms with van der Waals surface area (Å²) in [6.45, 7) is -2.00. The Morgan fingerprint density at radius 1 is 1.00 bits per heavy atom. The molecular weight excluding hydrogens is 420 g/mol. The van der Waals surface area contributed by atoms with Crippen molar-refractivity contribution in [3.63, 3.8) is 0 Å². The summed E-state index contributed by atoms with van der Waals surface area (Å²) in [4.78, 5) is 27.4. The van der Waals surface area contributed by atoms with E-state index in [4.69, 9.17) is 9.47 Å². The van der Waals surface area contributed by atoms with Crippen LogP contribution in [-0.2, 0) is 27.3 Å². The smallest absolute Gasteiger partial charge is 0.410 e. The molecule has 2 aromatic rings. The molecule has 1 amide bonds. The molecule has 32 heavy (non-hydrogen) atoms. The fourth-order valence-electron chi connectivity index (χ4n) is 4.45. The third kappa shape index (κ3) is 5.43. The minimum atomic E-state index is -2.91. The molecule has 0 aliphatic carbocycles. The van der Waals surface area contributed by atoms with Gasteiger partial charge >= 0.3 is 12.7 Å². The van der Waals surface area contributed by atoms with Crippen LogP contribution < -0.4 is 4.74 Å². The molecule has 2 heterocycles. The number of Topliss-reactive ketones (excluding diaryl/α,β-unsaturated/α-hetero) is 1. The number of hydrogen-bond acceptors (Lipinski definition) is 5. The predicted octanol–water partition coefficient (Wildman–Crippen LogP) is 4.22. The minimum Gasteiger partial charge on any atom is -0.445 e. The molecule has 2 aromatic carbocycles. The number of amides is 1. The normalized spacial score (nSPS) is 22.5. The lowest BCUT2D eigenvalue weighted by Gasteiger charge is -2.47. The second-order valence-electron chi connectivity index (χ2n) is 8.13. The van der Waals surface area contributed by atoms with Gasteiger partial charge in [0.2, 0.25) is 0 Å². The van der Waals surface area contributed by atoms with Crippen molar-refractivity contribution in [3.05, 3.63) is 65.7 Å². The van der Waals surface area contributed by atoms with Gasteiger partial charge in [-0.05, 0) is 36.1 Å². The molecule has 4 rings (SSSR count). The predicted molar refractivity (Wildman–Crippen MR) is 111 cm³/mol. The topological polar surface area (TPSA) is 65.1 Å². The van der Waals surface area contributed by atoms with Crippen LogP contribution in [0.4, 0.5) is 13.6 Å². The number of ketones is 1. The Labute approximate surface area is 185 Å². The summed E-state index contributed by atoms with van der Waals surface area (Å²) in [5.41, 5.74) is 1.53. The summed E-state index contributed by atoms with van der Waals surface area (Å²) in [5.74, 6) is -0.174. The van der Waals surface area contributed by atoms with Crippen LogP contribution in [0.15, 0.2) is 54.6 Å². The van der Waals surface area contributed by atoms with Crippen molar-refractivity contribution in [2.75, 3.05) is 13.2 Å². The Balaban J connectivity index is 1.36. The number of carbonyl (C=O) groups excluding carboxylic acids is 2. The van der Waals surface area contributed by atoms with Gasteiger partial charge in [0.1, 0.15) is 18.1 Å². The molecule has 0 aromatic heterocycles. The number of ether oxygens (including phenoxy) is 3. The van der Waals surface area contributed by atoms with E-state index in [1.807, 2.05) is 30.3 Å². The summed E-state index contributed by atoms with van der Waals surface area (Å²) in [5, 5.41) is 0. The molecule has 0 N–H and O–H groups in total. The lowest BCUT2D eigenvalue weighted by molar-refractivity contribution is -0.130. The first kappa shape index (κ1) is 22.2. The number of hydrogen-bond donors (Lipinski definition) is 0. The molecule has 8 heteroatoms. The van der Waals surface area contributed by atoms with Crippen LogP contribution >= 0.6 is 0 Å². The van der Waals surface area contributed by atoms with Crippen molar-refractivity contribution < 1.29 is 32.6 Å².